The van der Waals surface area contributed by atoms with Crippen LogP contribution in [0.15, 0.2) is 36.4 Å². The van der Waals surface area contributed by atoms with E-state index in [9.17, 15) is 4.79 Å². The van der Waals surface area contributed by atoms with E-state index in [2.05, 4.69) is 16.4 Å². The first-order valence-corrected chi connectivity index (χ1v) is 10.9. The largest absolute Gasteiger partial charge is 0.326 e. The average Bonchev–Trinajstić information content (AvgIpc) is 3.60. The van der Waals surface area contributed by atoms with Crippen LogP contribution < -0.4 is 11.1 Å². The lowest BCUT2D eigenvalue weighted by molar-refractivity contribution is 0.102. The van der Waals surface area contributed by atoms with Crippen molar-refractivity contribution in [3.05, 3.63) is 58.9 Å². The summed E-state index contributed by atoms with van der Waals surface area (Å²) in [7, 11) is 1.73. The van der Waals surface area contributed by atoms with Crippen LogP contribution in [0.1, 0.15) is 71.8 Å². The highest BCUT2D eigenvalue weighted by Gasteiger charge is 2.40. The van der Waals surface area contributed by atoms with Crippen LogP contribution in [-0.2, 0) is 12.0 Å². The van der Waals surface area contributed by atoms with E-state index in [-0.39, 0.29) is 11.3 Å². The van der Waals surface area contributed by atoms with E-state index in [0.717, 1.165) is 54.6 Å². The van der Waals surface area contributed by atoms with Crippen molar-refractivity contribution in [2.24, 2.45) is 5.73 Å². The van der Waals surface area contributed by atoms with Gasteiger partial charge in [-0.1, -0.05) is 24.6 Å². The van der Waals surface area contributed by atoms with Crippen LogP contribution in [0.2, 0.25) is 0 Å². The van der Waals surface area contributed by atoms with Crippen molar-refractivity contribution in [2.45, 2.75) is 56.4 Å². The number of nitrogens with two attached hydrogens (primary N) is 1. The summed E-state index contributed by atoms with van der Waals surface area (Å²) in [6.07, 6.45) is 7.11. The van der Waals surface area contributed by atoms with Crippen molar-refractivity contribution >= 4 is 23.8 Å². The molecule has 2 saturated carbocycles. The van der Waals surface area contributed by atoms with Gasteiger partial charge in [-0.3, -0.25) is 15.6 Å². The molecule has 7 nitrogen and oxygen atoms in total. The maximum atomic E-state index is 12.9. The molecule has 2 aliphatic rings. The third-order valence-corrected chi connectivity index (χ3v) is 6.60. The van der Waals surface area contributed by atoms with Gasteiger partial charge in [0.05, 0.1) is 6.34 Å². The maximum Gasteiger partial charge on any atom is 0.274 e. The normalized spacial score (nSPS) is 16.8. The van der Waals surface area contributed by atoms with Crippen LogP contribution in [0.4, 0.5) is 5.69 Å². The van der Waals surface area contributed by atoms with Crippen LogP contribution in [-0.4, -0.2) is 35.0 Å². The second-order valence-electron chi connectivity index (χ2n) is 8.75. The lowest BCUT2D eigenvalue weighted by Gasteiger charge is -2.43. The summed E-state index contributed by atoms with van der Waals surface area (Å²) in [5.41, 5.74) is 9.99. The highest BCUT2D eigenvalue weighted by atomic mass is 16.1. The zero-order valence-electron chi connectivity index (χ0n) is 17.9. The molecule has 5 N–H and O–H groups in total. The van der Waals surface area contributed by atoms with E-state index < -0.39 is 0 Å². The van der Waals surface area contributed by atoms with E-state index in [1.165, 1.54) is 6.34 Å². The van der Waals surface area contributed by atoms with Crippen LogP contribution in [0.5, 0.6) is 0 Å². The summed E-state index contributed by atoms with van der Waals surface area (Å²) in [5.74, 6) is 0.644. The minimum atomic E-state index is -0.221. The molecule has 0 aliphatic heterocycles. The number of benzene rings is 1. The number of carbonyl (C=O) groups excluding carboxylic acids is 1. The molecule has 31 heavy (non-hydrogen) atoms. The van der Waals surface area contributed by atoms with Crippen molar-refractivity contribution in [3.8, 4) is 0 Å². The minimum absolute atomic E-state index is 0.102. The van der Waals surface area contributed by atoms with E-state index in [1.54, 1.807) is 18.0 Å². The van der Waals surface area contributed by atoms with Gasteiger partial charge in [0.25, 0.3) is 5.91 Å². The van der Waals surface area contributed by atoms with Gasteiger partial charge in [0, 0.05) is 42.7 Å². The van der Waals surface area contributed by atoms with Crippen LogP contribution >= 0.6 is 0 Å². The van der Waals surface area contributed by atoms with Crippen molar-refractivity contribution in [2.75, 3.05) is 12.4 Å². The molecule has 2 aliphatic carbocycles. The van der Waals surface area contributed by atoms with Gasteiger partial charge in [0.1, 0.15) is 11.5 Å². The predicted molar refractivity (Wildman–Crippen MR) is 123 cm³/mol. The molecule has 4 rings (SSSR count). The number of amidine groups is 1. The number of amides is 1. The van der Waals surface area contributed by atoms with E-state index in [4.69, 9.17) is 16.6 Å². The Morgan fingerprint density at radius 1 is 1.32 bits per heavy atom. The Kier molecular flexibility index (Phi) is 5.87. The fraction of sp³-hybridized carbons (Fsp3) is 0.417. The molecule has 7 heteroatoms. The lowest BCUT2D eigenvalue weighted by Crippen LogP contribution is -2.40. The molecule has 162 valence electrons. The first-order valence-electron chi connectivity index (χ1n) is 10.9. The third kappa shape index (κ3) is 4.37. The van der Waals surface area contributed by atoms with Gasteiger partial charge in [-0.25, -0.2) is 4.98 Å². The Morgan fingerprint density at radius 3 is 2.71 bits per heavy atom. The number of pyridine rings is 1. The smallest absolute Gasteiger partial charge is 0.274 e. The molecule has 0 bridgehead atoms. The van der Waals surface area contributed by atoms with Crippen molar-refractivity contribution in [1.82, 2.24) is 9.88 Å². The molecule has 1 heterocycles. The second-order valence-corrected chi connectivity index (χ2v) is 8.75. The van der Waals surface area contributed by atoms with Gasteiger partial charge in [-0.05, 0) is 55.0 Å². The molecule has 1 amide bonds. The first kappa shape index (κ1) is 21.2. The molecule has 0 spiro atoms. The molecular formula is C24H30N6O. The summed E-state index contributed by atoms with van der Waals surface area (Å²) in [5, 5.41) is 18.7. The number of hydrogen-bond acceptors (Lipinski definition) is 5. The standard InChI is InChI=1S/C24H30N6O/c1-30(15-26)21(27)13-24(10-3-11-24)18-4-2-5-19(12-18)28-23(31)20-9-8-17(14-25)22(29-20)16-6-7-16/h2,4-5,8-9,12,15-16,26-27H,3,6-7,10-11,13-14,25H2,1H3,(H,28,31). The van der Waals surface area contributed by atoms with Gasteiger partial charge in [-0.2, -0.15) is 0 Å². The highest BCUT2D eigenvalue weighted by molar-refractivity contribution is 6.03. The Bertz CT molecular complexity index is 1010. The third-order valence-electron chi connectivity index (χ3n) is 6.60. The molecule has 0 saturated heterocycles. The Morgan fingerprint density at radius 2 is 2.10 bits per heavy atom. The average molecular weight is 419 g/mol. The summed E-state index contributed by atoms with van der Waals surface area (Å²) in [6.45, 7) is 0.438. The summed E-state index contributed by atoms with van der Waals surface area (Å²) >= 11 is 0. The number of rotatable bonds is 8. The summed E-state index contributed by atoms with van der Waals surface area (Å²) in [6, 6.07) is 11.6. The molecule has 0 unspecified atom stereocenters. The fourth-order valence-corrected chi connectivity index (χ4v) is 4.33. The minimum Gasteiger partial charge on any atom is -0.326 e. The van der Waals surface area contributed by atoms with Gasteiger partial charge in [0.2, 0.25) is 0 Å². The molecule has 1 aromatic carbocycles. The second kappa shape index (κ2) is 8.59. The number of anilines is 1. The zero-order chi connectivity index (χ0) is 22.0. The van der Waals surface area contributed by atoms with Crippen molar-refractivity contribution in [3.63, 3.8) is 0 Å². The Balaban J connectivity index is 1.52. The van der Waals surface area contributed by atoms with Crippen LogP contribution in [0.3, 0.4) is 0 Å². The summed E-state index contributed by atoms with van der Waals surface area (Å²) in [4.78, 5) is 19.1. The zero-order valence-corrected chi connectivity index (χ0v) is 17.9. The quantitative estimate of drug-likeness (QED) is 0.383. The number of nitrogens with one attached hydrogen (secondary N) is 3. The van der Waals surface area contributed by atoms with Gasteiger partial charge in [0.15, 0.2) is 0 Å². The van der Waals surface area contributed by atoms with E-state index in [0.29, 0.717) is 30.4 Å². The van der Waals surface area contributed by atoms with Gasteiger partial charge in [-0.15, -0.1) is 0 Å². The van der Waals surface area contributed by atoms with Crippen molar-refractivity contribution < 1.29 is 4.79 Å². The molecular weight excluding hydrogens is 388 g/mol. The SMILES string of the molecule is CN(C=N)C(=N)CC1(c2cccc(NC(=O)c3ccc(CN)c(C4CC4)n3)c2)CCC1. The maximum absolute atomic E-state index is 12.9. The monoisotopic (exact) mass is 418 g/mol. The van der Waals surface area contributed by atoms with Crippen molar-refractivity contribution in [1.29, 1.82) is 10.8 Å². The Hall–Kier alpha value is -3.06. The fourth-order valence-electron chi connectivity index (χ4n) is 4.33. The van der Waals surface area contributed by atoms with Gasteiger partial charge >= 0.3 is 0 Å². The predicted octanol–water partition coefficient (Wildman–Crippen LogP) is 4.00. The number of hydrogen-bond donors (Lipinski definition) is 4. The van der Waals surface area contributed by atoms with E-state index >= 15 is 0 Å². The molecule has 1 aromatic heterocycles. The number of aromatic nitrogens is 1. The van der Waals surface area contributed by atoms with E-state index in [1.807, 2.05) is 24.3 Å². The molecule has 2 aromatic rings. The number of carbonyl (C=O) groups is 1. The molecule has 2 fully saturated rings. The first-order chi connectivity index (χ1) is 15.0. The lowest BCUT2D eigenvalue weighted by atomic mass is 9.62. The number of nitrogens with zero attached hydrogens (tertiary/aromatic N) is 2. The van der Waals surface area contributed by atoms with Crippen LogP contribution in [0, 0.1) is 10.8 Å². The van der Waals surface area contributed by atoms with Crippen LogP contribution in [0.25, 0.3) is 0 Å². The Labute approximate surface area is 183 Å². The highest BCUT2D eigenvalue weighted by Crippen LogP contribution is 2.47. The van der Waals surface area contributed by atoms with Gasteiger partial charge < -0.3 is 16.0 Å². The molecule has 0 radical (unpaired) electrons. The topological polar surface area (TPSA) is 119 Å². The molecule has 0 atom stereocenters. The summed E-state index contributed by atoms with van der Waals surface area (Å²) < 4.78 is 0.